The summed E-state index contributed by atoms with van der Waals surface area (Å²) in [5.41, 5.74) is -0.368. The molecule has 0 bridgehead atoms. The zero-order valence-corrected chi connectivity index (χ0v) is 11.5. The first kappa shape index (κ1) is 14.0. The maximum atomic E-state index is 11.9. The summed E-state index contributed by atoms with van der Waals surface area (Å²) in [5, 5.41) is 2.78. The van der Waals surface area contributed by atoms with Gasteiger partial charge in [-0.2, -0.15) is 0 Å². The summed E-state index contributed by atoms with van der Waals surface area (Å²) in [5.74, 6) is -0.280. The second-order valence-electron chi connectivity index (χ2n) is 4.74. The lowest BCUT2D eigenvalue weighted by atomic mass is 10.2. The molecule has 0 radical (unpaired) electrons. The van der Waals surface area contributed by atoms with Gasteiger partial charge in [-0.25, -0.2) is 0 Å². The highest BCUT2D eigenvalue weighted by molar-refractivity contribution is 5.80. The van der Waals surface area contributed by atoms with Gasteiger partial charge >= 0.3 is 11.1 Å². The minimum absolute atomic E-state index is 0.0338. The van der Waals surface area contributed by atoms with Gasteiger partial charge in [-0.3, -0.25) is 19.0 Å². The highest BCUT2D eigenvalue weighted by atomic mass is 16.2. The molecule has 1 amide bonds. The van der Waals surface area contributed by atoms with Crippen LogP contribution in [0.15, 0.2) is 33.9 Å². The lowest BCUT2D eigenvalue weighted by Crippen LogP contribution is -2.42. The van der Waals surface area contributed by atoms with Crippen molar-refractivity contribution in [3.8, 4) is 0 Å². The van der Waals surface area contributed by atoms with Crippen LogP contribution in [0.1, 0.15) is 20.3 Å². The van der Waals surface area contributed by atoms with E-state index in [1.165, 1.54) is 4.57 Å². The topological polar surface area (TPSA) is 84.0 Å². The zero-order valence-electron chi connectivity index (χ0n) is 11.5. The van der Waals surface area contributed by atoms with Gasteiger partial charge in [0, 0.05) is 6.04 Å². The Labute approximate surface area is 115 Å². The first-order valence-corrected chi connectivity index (χ1v) is 6.54. The van der Waals surface area contributed by atoms with Crippen molar-refractivity contribution in [2.75, 3.05) is 0 Å². The number of benzene rings is 1. The number of hydrogen-bond donors (Lipinski definition) is 2. The minimum atomic E-state index is -0.722. The van der Waals surface area contributed by atoms with E-state index in [2.05, 4.69) is 10.3 Å². The van der Waals surface area contributed by atoms with E-state index in [1.54, 1.807) is 24.3 Å². The second-order valence-corrected chi connectivity index (χ2v) is 4.74. The Balaban J connectivity index is 2.43. The Morgan fingerprint density at radius 3 is 2.75 bits per heavy atom. The standard InChI is InChI=1S/C14H17N3O3/c1-3-9(2)15-12(18)8-17-11-7-5-4-6-10(11)16-13(19)14(17)20/h4-7,9H,3,8H2,1-2H3,(H,15,18)(H,16,19). The Morgan fingerprint density at radius 2 is 2.05 bits per heavy atom. The fourth-order valence-corrected chi connectivity index (χ4v) is 1.95. The molecule has 1 unspecified atom stereocenters. The molecule has 20 heavy (non-hydrogen) atoms. The SMILES string of the molecule is CCC(C)NC(=O)Cn1c(=O)c(=O)[nH]c2ccccc21. The fourth-order valence-electron chi connectivity index (χ4n) is 1.95. The van der Waals surface area contributed by atoms with Crippen LogP contribution < -0.4 is 16.4 Å². The van der Waals surface area contributed by atoms with Gasteiger partial charge in [0.2, 0.25) is 5.91 Å². The van der Waals surface area contributed by atoms with Crippen LogP contribution >= 0.6 is 0 Å². The maximum absolute atomic E-state index is 11.9. The van der Waals surface area contributed by atoms with Gasteiger partial charge in [-0.05, 0) is 25.5 Å². The lowest BCUT2D eigenvalue weighted by Gasteiger charge is -2.13. The average Bonchev–Trinajstić information content (AvgIpc) is 2.43. The van der Waals surface area contributed by atoms with Gasteiger partial charge in [0.1, 0.15) is 6.54 Å². The Kier molecular flexibility index (Phi) is 4.02. The molecular formula is C14H17N3O3. The molecule has 2 aromatic rings. The number of aromatic amines is 1. The highest BCUT2D eigenvalue weighted by Gasteiger charge is 2.12. The predicted molar refractivity (Wildman–Crippen MR) is 76.7 cm³/mol. The Hall–Kier alpha value is -2.37. The molecule has 0 aliphatic heterocycles. The van der Waals surface area contributed by atoms with Crippen LogP contribution in [0, 0.1) is 0 Å². The van der Waals surface area contributed by atoms with Crippen LogP contribution in [0.25, 0.3) is 11.0 Å². The molecular weight excluding hydrogens is 258 g/mol. The molecule has 0 saturated carbocycles. The van der Waals surface area contributed by atoms with Gasteiger partial charge < -0.3 is 10.3 Å². The molecule has 0 spiro atoms. The van der Waals surface area contributed by atoms with Crippen molar-refractivity contribution in [3.63, 3.8) is 0 Å². The van der Waals surface area contributed by atoms with Gasteiger partial charge in [0.15, 0.2) is 0 Å². The number of para-hydroxylation sites is 2. The number of nitrogens with one attached hydrogen (secondary N) is 2. The molecule has 1 atom stereocenters. The van der Waals surface area contributed by atoms with E-state index in [4.69, 9.17) is 0 Å². The summed E-state index contributed by atoms with van der Waals surface area (Å²) in [6.07, 6.45) is 0.802. The van der Waals surface area contributed by atoms with Gasteiger partial charge in [0.05, 0.1) is 11.0 Å². The Morgan fingerprint density at radius 1 is 1.35 bits per heavy atom. The number of hydrogen-bond acceptors (Lipinski definition) is 3. The van der Waals surface area contributed by atoms with Crippen molar-refractivity contribution in [1.82, 2.24) is 14.9 Å². The normalized spacial score (nSPS) is 12.3. The number of aromatic nitrogens is 2. The van der Waals surface area contributed by atoms with E-state index in [9.17, 15) is 14.4 Å². The number of amides is 1. The van der Waals surface area contributed by atoms with Crippen LogP contribution in [-0.4, -0.2) is 21.5 Å². The van der Waals surface area contributed by atoms with E-state index in [0.29, 0.717) is 11.0 Å². The number of fused-ring (bicyclic) bond motifs is 1. The maximum Gasteiger partial charge on any atom is 0.317 e. The Bertz CT molecular complexity index is 745. The van der Waals surface area contributed by atoms with Crippen LogP contribution in [0.4, 0.5) is 0 Å². The molecule has 0 saturated heterocycles. The number of H-pyrrole nitrogens is 1. The summed E-state index contributed by atoms with van der Waals surface area (Å²) in [6.45, 7) is 3.68. The van der Waals surface area contributed by atoms with Crippen molar-refractivity contribution in [1.29, 1.82) is 0 Å². The quantitative estimate of drug-likeness (QED) is 0.802. The van der Waals surface area contributed by atoms with Gasteiger partial charge in [-0.1, -0.05) is 19.1 Å². The second kappa shape index (κ2) is 5.73. The average molecular weight is 275 g/mol. The fraction of sp³-hybridized carbons (Fsp3) is 0.357. The monoisotopic (exact) mass is 275 g/mol. The molecule has 1 heterocycles. The molecule has 0 aliphatic rings. The smallest absolute Gasteiger partial charge is 0.317 e. The summed E-state index contributed by atoms with van der Waals surface area (Å²) in [6, 6.07) is 6.93. The number of carbonyl (C=O) groups excluding carboxylic acids is 1. The van der Waals surface area contributed by atoms with Crippen LogP contribution in [0.5, 0.6) is 0 Å². The molecule has 6 heteroatoms. The van der Waals surface area contributed by atoms with Crippen LogP contribution in [-0.2, 0) is 11.3 Å². The third kappa shape index (κ3) is 2.79. The predicted octanol–water partition coefficient (Wildman–Crippen LogP) is 0.604. The third-order valence-corrected chi connectivity index (χ3v) is 3.20. The molecule has 6 nitrogen and oxygen atoms in total. The number of nitrogens with zero attached hydrogens (tertiary/aromatic N) is 1. The van der Waals surface area contributed by atoms with E-state index < -0.39 is 11.1 Å². The summed E-state index contributed by atoms with van der Waals surface area (Å²) in [4.78, 5) is 37.9. The van der Waals surface area contributed by atoms with Crippen molar-refractivity contribution in [2.24, 2.45) is 0 Å². The van der Waals surface area contributed by atoms with E-state index in [1.807, 2.05) is 13.8 Å². The first-order chi connectivity index (χ1) is 9.52. The lowest BCUT2D eigenvalue weighted by molar-refractivity contribution is -0.122. The summed E-state index contributed by atoms with van der Waals surface area (Å²) < 4.78 is 1.20. The third-order valence-electron chi connectivity index (χ3n) is 3.20. The van der Waals surface area contributed by atoms with Crippen LogP contribution in [0.3, 0.4) is 0 Å². The zero-order chi connectivity index (χ0) is 14.7. The molecule has 1 aromatic carbocycles. The molecule has 0 aliphatic carbocycles. The number of rotatable bonds is 4. The van der Waals surface area contributed by atoms with E-state index >= 15 is 0 Å². The van der Waals surface area contributed by atoms with Crippen molar-refractivity contribution in [2.45, 2.75) is 32.9 Å². The molecule has 2 N–H and O–H groups in total. The number of carbonyl (C=O) groups is 1. The molecule has 1 aromatic heterocycles. The summed E-state index contributed by atoms with van der Waals surface area (Å²) >= 11 is 0. The minimum Gasteiger partial charge on any atom is -0.352 e. The van der Waals surface area contributed by atoms with Crippen LogP contribution in [0.2, 0.25) is 0 Å². The first-order valence-electron chi connectivity index (χ1n) is 6.54. The van der Waals surface area contributed by atoms with Crippen molar-refractivity contribution >= 4 is 16.9 Å². The van der Waals surface area contributed by atoms with Crippen molar-refractivity contribution < 1.29 is 4.79 Å². The largest absolute Gasteiger partial charge is 0.352 e. The molecule has 0 fully saturated rings. The van der Waals surface area contributed by atoms with Gasteiger partial charge in [-0.15, -0.1) is 0 Å². The van der Waals surface area contributed by atoms with E-state index in [-0.39, 0.29) is 18.5 Å². The highest BCUT2D eigenvalue weighted by Crippen LogP contribution is 2.06. The molecule has 2 rings (SSSR count). The van der Waals surface area contributed by atoms with E-state index in [0.717, 1.165) is 6.42 Å². The van der Waals surface area contributed by atoms with Gasteiger partial charge in [0.25, 0.3) is 0 Å². The summed E-state index contributed by atoms with van der Waals surface area (Å²) in [7, 11) is 0. The van der Waals surface area contributed by atoms with Crippen molar-refractivity contribution in [3.05, 3.63) is 45.0 Å². The molecule has 106 valence electrons.